The minimum atomic E-state index is -1.60. The van der Waals surface area contributed by atoms with Gasteiger partial charge in [0.25, 0.3) is 5.91 Å². The van der Waals surface area contributed by atoms with E-state index in [1.807, 2.05) is 0 Å². The summed E-state index contributed by atoms with van der Waals surface area (Å²) in [6, 6.07) is 13.9. The predicted molar refractivity (Wildman–Crippen MR) is 170 cm³/mol. The molecular formula is C33H35F2N3O8S. The van der Waals surface area contributed by atoms with Crippen molar-refractivity contribution in [2.24, 2.45) is 5.92 Å². The molecule has 11 nitrogen and oxygen atoms in total. The number of benzene rings is 3. The lowest BCUT2D eigenvalue weighted by atomic mass is 9.92. The van der Waals surface area contributed by atoms with E-state index in [2.05, 4.69) is 5.32 Å². The summed E-state index contributed by atoms with van der Waals surface area (Å²) in [5, 5.41) is 30.9. The number of aliphatic hydroxyl groups is 2. The van der Waals surface area contributed by atoms with Crippen molar-refractivity contribution in [2.75, 3.05) is 23.9 Å². The molecule has 0 aliphatic carbocycles. The molecule has 1 fully saturated rings. The highest BCUT2D eigenvalue weighted by Crippen LogP contribution is 2.46. The van der Waals surface area contributed by atoms with E-state index in [1.54, 1.807) is 38.1 Å². The molecule has 14 heteroatoms. The van der Waals surface area contributed by atoms with E-state index in [9.17, 15) is 38.2 Å². The number of nitrogens with zero attached hydrogens (tertiary/aromatic N) is 1. The zero-order valence-electron chi connectivity index (χ0n) is 26.5. The molecule has 1 aliphatic rings. The average Bonchev–Trinajstić information content (AvgIpc) is 3.06. The van der Waals surface area contributed by atoms with Crippen molar-refractivity contribution in [3.63, 3.8) is 0 Å². The first kappa shape index (κ1) is 33.8. The standard InChI is InChI=1S/C33H35F2N3O8S/c1-18(2)28(31(42)36-25(15-39)33(44)45)37-27(41)16-46-24-13-5-20(6-14-24)29-30(32(43)38(29)23-11-9-22(35)10-12-23)47-17-26(40)19-3-7-21(34)8-4-19/h3-14,18,25-26,28-30,39-40H,15-17H2,1-2H3,(H,36,42)(H,37,41)(H,44,45)/t25-,26?,28+,29+,30+/m0/s1/i/hD. The van der Waals surface area contributed by atoms with Gasteiger partial charge in [-0.25, -0.2) is 13.6 Å². The van der Waals surface area contributed by atoms with Gasteiger partial charge in [-0.15, -0.1) is 11.8 Å². The number of β-lactam (4-membered cyclic amide) rings is 1. The van der Waals surface area contributed by atoms with E-state index in [1.165, 1.54) is 65.2 Å². The van der Waals surface area contributed by atoms with Gasteiger partial charge in [-0.2, -0.15) is 0 Å². The fraction of sp³-hybridized carbons (Fsp3) is 0.333. The van der Waals surface area contributed by atoms with Crippen molar-refractivity contribution in [1.82, 2.24) is 10.6 Å². The maximum absolute atomic E-state index is 13.6. The highest BCUT2D eigenvalue weighted by molar-refractivity contribution is 8.00. The number of nitrogens with one attached hydrogen (secondary N) is 2. The molecule has 4 rings (SSSR count). The van der Waals surface area contributed by atoms with Crippen molar-refractivity contribution in [1.29, 1.82) is 0 Å². The Morgan fingerprint density at radius 1 is 1.00 bits per heavy atom. The summed E-state index contributed by atoms with van der Waals surface area (Å²) in [7, 11) is 0. The lowest BCUT2D eigenvalue weighted by molar-refractivity contribution is -0.143. The number of anilines is 1. The Hall–Kier alpha value is -4.53. The molecule has 3 amide bonds. The van der Waals surface area contributed by atoms with Crippen molar-refractivity contribution < 1.29 is 49.4 Å². The van der Waals surface area contributed by atoms with E-state index in [-0.39, 0.29) is 17.4 Å². The third-order valence-corrected chi connectivity index (χ3v) is 8.73. The predicted octanol–water partition coefficient (Wildman–Crippen LogP) is 2.97. The molecule has 0 radical (unpaired) electrons. The molecular weight excluding hydrogens is 636 g/mol. The van der Waals surface area contributed by atoms with Crippen LogP contribution in [0.1, 0.15) is 37.1 Å². The summed E-state index contributed by atoms with van der Waals surface area (Å²) >= 11 is 1.23. The van der Waals surface area contributed by atoms with Crippen LogP contribution in [-0.4, -0.2) is 75.3 Å². The fourth-order valence-corrected chi connectivity index (χ4v) is 6.17. The monoisotopic (exact) mass is 672 g/mol. The third kappa shape index (κ3) is 8.84. The number of carbonyl (C=O) groups excluding carboxylic acids is 3. The Kier molecular flexibility index (Phi) is 11.4. The van der Waals surface area contributed by atoms with Gasteiger partial charge in [0.05, 0.1) is 18.8 Å². The van der Waals surface area contributed by atoms with E-state index in [4.69, 9.17) is 11.3 Å². The Balaban J connectivity index is 1.44. The second-order valence-corrected chi connectivity index (χ2v) is 12.3. The van der Waals surface area contributed by atoms with Crippen LogP contribution in [0.2, 0.25) is 1.41 Å². The zero-order valence-corrected chi connectivity index (χ0v) is 26.3. The van der Waals surface area contributed by atoms with Crippen LogP contribution in [0.4, 0.5) is 14.5 Å². The Bertz CT molecular complexity index is 1600. The number of halogens is 2. The number of aliphatic hydroxyl groups excluding tert-OH is 2. The van der Waals surface area contributed by atoms with Crippen LogP contribution in [0.25, 0.3) is 0 Å². The van der Waals surface area contributed by atoms with E-state index in [0.29, 0.717) is 22.1 Å². The van der Waals surface area contributed by atoms with Gasteiger partial charge in [0, 0.05) is 11.4 Å². The Morgan fingerprint density at radius 2 is 1.60 bits per heavy atom. The average molecular weight is 673 g/mol. The van der Waals surface area contributed by atoms with Crippen LogP contribution < -0.4 is 20.3 Å². The molecule has 5 N–H and O–H groups in total. The summed E-state index contributed by atoms with van der Waals surface area (Å²) < 4.78 is 40.8. The summed E-state index contributed by atoms with van der Waals surface area (Å²) in [4.78, 5) is 51.5. The molecule has 0 bridgehead atoms. The maximum Gasteiger partial charge on any atom is 0.328 e. The van der Waals surface area contributed by atoms with Crippen LogP contribution in [0.3, 0.4) is 0 Å². The van der Waals surface area contributed by atoms with Gasteiger partial charge in [0.15, 0.2) is 8.02 Å². The number of amides is 3. The maximum atomic E-state index is 13.6. The van der Waals surface area contributed by atoms with Crippen molar-refractivity contribution in [3.8, 4) is 5.75 Å². The largest absolute Gasteiger partial charge is 0.484 e. The number of rotatable bonds is 15. The van der Waals surface area contributed by atoms with Gasteiger partial charge in [-0.05, 0) is 65.6 Å². The Morgan fingerprint density at radius 3 is 2.15 bits per heavy atom. The lowest BCUT2D eigenvalue weighted by Gasteiger charge is -2.47. The first-order chi connectivity index (χ1) is 22.8. The minimum absolute atomic E-state index is 0.148. The first-order valence-corrected chi connectivity index (χ1v) is 15.7. The normalized spacial score (nSPS) is 18.1. The minimum Gasteiger partial charge on any atom is -0.484 e. The molecule has 3 aromatic rings. The molecule has 1 unspecified atom stereocenters. The molecule has 3 aromatic carbocycles. The second-order valence-electron chi connectivity index (χ2n) is 11.1. The number of hydrogen-bond donors (Lipinski definition) is 5. The van der Waals surface area contributed by atoms with Gasteiger partial charge in [0.1, 0.15) is 34.7 Å². The van der Waals surface area contributed by atoms with Crippen molar-refractivity contribution in [3.05, 3.63) is 95.6 Å². The fourth-order valence-electron chi connectivity index (χ4n) is 4.87. The number of carbonyl (C=O) groups is 4. The van der Waals surface area contributed by atoms with Gasteiger partial charge in [0.2, 0.25) is 11.8 Å². The number of aliphatic carboxylic acids is 1. The van der Waals surface area contributed by atoms with Gasteiger partial charge >= 0.3 is 5.97 Å². The van der Waals surface area contributed by atoms with Crippen LogP contribution in [-0.2, 0) is 19.2 Å². The quantitative estimate of drug-likeness (QED) is 0.153. The van der Waals surface area contributed by atoms with Crippen LogP contribution in [0, 0.1) is 17.6 Å². The molecule has 5 atom stereocenters. The molecule has 47 heavy (non-hydrogen) atoms. The number of thioether (sulfide) groups is 1. The van der Waals surface area contributed by atoms with Crippen LogP contribution >= 0.6 is 11.8 Å². The zero-order chi connectivity index (χ0) is 35.1. The second kappa shape index (κ2) is 15.8. The summed E-state index contributed by atoms with van der Waals surface area (Å²) in [6.07, 6.45) is -0.955. The van der Waals surface area contributed by atoms with Crippen molar-refractivity contribution in [2.45, 2.75) is 43.3 Å². The number of hydrogen-bond acceptors (Lipinski definition) is 8. The van der Waals surface area contributed by atoms with Gasteiger partial charge in [-0.1, -0.05) is 38.1 Å². The Labute approximate surface area is 275 Å². The topological polar surface area (TPSA) is 165 Å². The van der Waals surface area contributed by atoms with E-state index in [0.717, 1.165) is 0 Å². The highest BCUT2D eigenvalue weighted by atomic mass is 32.2. The molecule has 1 aliphatic heterocycles. The van der Waals surface area contributed by atoms with Gasteiger partial charge in [-0.3, -0.25) is 14.4 Å². The van der Waals surface area contributed by atoms with Gasteiger partial charge < -0.3 is 35.6 Å². The third-order valence-electron chi connectivity index (χ3n) is 7.40. The molecule has 0 aromatic heterocycles. The molecule has 1 heterocycles. The SMILES string of the molecule is [2H]N(C(=O)COc1ccc([C@@H]2[C@@H](SCC(O)c3ccc(F)cc3)C(=O)N2c2ccc(F)cc2)cc1)[C@@H](C(=O)N[C@@H](CO)C(=O)O)C(C)C. The molecule has 0 saturated carbocycles. The number of carboxylic acids is 1. The first-order valence-electron chi connectivity index (χ1n) is 15.1. The van der Waals surface area contributed by atoms with Crippen LogP contribution in [0.15, 0.2) is 72.8 Å². The molecule has 250 valence electrons. The van der Waals surface area contributed by atoms with Crippen molar-refractivity contribution >= 4 is 41.1 Å². The summed E-state index contributed by atoms with van der Waals surface area (Å²) in [6.45, 7) is 1.65. The van der Waals surface area contributed by atoms with Crippen LogP contribution in [0.5, 0.6) is 5.75 Å². The van der Waals surface area contributed by atoms with E-state index < -0.39 is 78.0 Å². The highest BCUT2D eigenvalue weighted by Gasteiger charge is 2.49. The smallest absolute Gasteiger partial charge is 0.328 e. The number of carboxylic acid groups (broad SMARTS) is 1. The number of ether oxygens (including phenoxy) is 1. The summed E-state index contributed by atoms with van der Waals surface area (Å²) in [5.74, 6) is -4.60. The molecule has 1 saturated heterocycles. The van der Waals surface area contributed by atoms with E-state index >= 15 is 0 Å². The summed E-state index contributed by atoms with van der Waals surface area (Å²) in [5.41, 5.74) is 1.66. The molecule has 0 spiro atoms. The lowest BCUT2D eigenvalue weighted by Crippen LogP contribution is -2.57.